The highest BCUT2D eigenvalue weighted by atomic mass is 32.2. The minimum atomic E-state index is -3.61. The van der Waals surface area contributed by atoms with Crippen LogP contribution < -0.4 is 4.31 Å². The summed E-state index contributed by atoms with van der Waals surface area (Å²) >= 11 is 1.70. The van der Waals surface area contributed by atoms with Crippen LogP contribution in [0.5, 0.6) is 0 Å². The predicted molar refractivity (Wildman–Crippen MR) is 165 cm³/mol. The number of nitrogens with zero attached hydrogens (tertiary/aromatic N) is 3. The van der Waals surface area contributed by atoms with Gasteiger partial charge < -0.3 is 4.42 Å². The molecule has 3 aromatic heterocycles. The zero-order valence-electron chi connectivity index (χ0n) is 23.5. The fraction of sp³-hybridized carbons (Fsp3) is 0.281. The second-order valence-corrected chi connectivity index (χ2v) is 13.7. The monoisotopic (exact) mass is 585 g/mol. The summed E-state index contributed by atoms with van der Waals surface area (Å²) in [6.07, 6.45) is 9.38. The number of anilines is 1. The third-order valence-electron chi connectivity index (χ3n) is 7.70. The topological polar surface area (TPSA) is 93.4 Å². The second kappa shape index (κ2) is 10.5. The van der Waals surface area contributed by atoms with E-state index in [0.29, 0.717) is 40.0 Å². The van der Waals surface area contributed by atoms with Gasteiger partial charge in [0.1, 0.15) is 16.4 Å². The molecule has 0 aliphatic heterocycles. The van der Waals surface area contributed by atoms with Crippen molar-refractivity contribution in [1.29, 1.82) is 0 Å². The lowest BCUT2D eigenvalue weighted by molar-refractivity contribution is 0.0989. The number of ketones is 1. The molecule has 0 unspecified atom stereocenters. The summed E-state index contributed by atoms with van der Waals surface area (Å²) in [5.74, 6) is 0.437. The van der Waals surface area contributed by atoms with E-state index in [1.54, 1.807) is 29.8 Å². The minimum absolute atomic E-state index is 0.0465. The van der Waals surface area contributed by atoms with Crippen molar-refractivity contribution in [3.05, 3.63) is 76.6 Å². The molecule has 9 heteroatoms. The van der Waals surface area contributed by atoms with Gasteiger partial charge in [-0.1, -0.05) is 36.8 Å². The molecule has 3 heterocycles. The highest BCUT2D eigenvalue weighted by molar-refractivity contribution is 7.92. The third-order valence-corrected chi connectivity index (χ3v) is 10.1. The predicted octanol–water partition coefficient (Wildman–Crippen LogP) is 7.46. The highest BCUT2D eigenvalue weighted by Gasteiger charge is 2.26. The first-order valence-corrected chi connectivity index (χ1v) is 16.4. The van der Waals surface area contributed by atoms with Crippen LogP contribution in [0.2, 0.25) is 0 Å². The number of furan rings is 1. The van der Waals surface area contributed by atoms with Gasteiger partial charge in [-0.2, -0.15) is 0 Å². The average molecular weight is 586 g/mol. The third kappa shape index (κ3) is 5.08. The van der Waals surface area contributed by atoms with Crippen molar-refractivity contribution >= 4 is 43.8 Å². The molecule has 41 heavy (non-hydrogen) atoms. The largest absolute Gasteiger partial charge is 0.455 e. The van der Waals surface area contributed by atoms with Gasteiger partial charge in [0.05, 0.1) is 23.2 Å². The fourth-order valence-corrected chi connectivity index (χ4v) is 6.98. The number of aromatic nitrogens is 2. The molecule has 0 fully saturated rings. The Kier molecular flexibility index (Phi) is 7.03. The van der Waals surface area contributed by atoms with Crippen molar-refractivity contribution in [1.82, 2.24) is 9.97 Å². The quantitative estimate of drug-likeness (QED) is 0.184. The van der Waals surface area contributed by atoms with E-state index >= 15 is 0 Å². The van der Waals surface area contributed by atoms with Crippen LogP contribution >= 0.6 is 11.3 Å². The van der Waals surface area contributed by atoms with Gasteiger partial charge >= 0.3 is 0 Å². The molecule has 0 amide bonds. The van der Waals surface area contributed by atoms with Gasteiger partial charge in [0.2, 0.25) is 10.0 Å². The number of hydrogen-bond donors (Lipinski definition) is 0. The van der Waals surface area contributed by atoms with Gasteiger partial charge in [-0.15, -0.1) is 11.3 Å². The number of rotatable bonds is 7. The first-order chi connectivity index (χ1) is 19.6. The maximum absolute atomic E-state index is 13.3. The van der Waals surface area contributed by atoms with E-state index in [1.807, 2.05) is 50.2 Å². The number of fused-ring (bicyclic) bond motifs is 2. The van der Waals surface area contributed by atoms with E-state index in [9.17, 15) is 13.2 Å². The Hall–Kier alpha value is -3.82. The lowest BCUT2D eigenvalue weighted by atomic mass is 9.96. The van der Waals surface area contributed by atoms with E-state index in [4.69, 9.17) is 9.40 Å². The van der Waals surface area contributed by atoms with Crippen LogP contribution in [0.25, 0.3) is 44.0 Å². The number of Topliss-reactive ketones (excluding diaryl/α,β-unsaturated/α-hetero) is 1. The van der Waals surface area contributed by atoms with E-state index in [-0.39, 0.29) is 5.78 Å². The van der Waals surface area contributed by atoms with Crippen LogP contribution in [0.15, 0.2) is 59.3 Å². The molecule has 0 saturated carbocycles. The normalized spacial score (nSPS) is 13.4. The molecule has 0 spiro atoms. The zero-order chi connectivity index (χ0) is 28.9. The number of pyridine rings is 1. The Morgan fingerprint density at radius 1 is 1.02 bits per heavy atom. The van der Waals surface area contributed by atoms with Crippen molar-refractivity contribution in [2.75, 3.05) is 17.6 Å². The summed E-state index contributed by atoms with van der Waals surface area (Å²) in [4.78, 5) is 24.1. The van der Waals surface area contributed by atoms with Crippen LogP contribution in [0, 0.1) is 6.92 Å². The first kappa shape index (κ1) is 27.4. The smallest absolute Gasteiger partial charge is 0.232 e. The molecule has 1 aliphatic carbocycles. The van der Waals surface area contributed by atoms with Crippen molar-refractivity contribution < 1.29 is 17.6 Å². The van der Waals surface area contributed by atoms with E-state index in [1.165, 1.54) is 34.6 Å². The zero-order valence-corrected chi connectivity index (χ0v) is 25.2. The van der Waals surface area contributed by atoms with Gasteiger partial charge in [0.15, 0.2) is 5.78 Å². The molecule has 2 aromatic carbocycles. The van der Waals surface area contributed by atoms with E-state index in [0.717, 1.165) is 46.5 Å². The lowest BCUT2D eigenvalue weighted by Crippen LogP contribution is -2.25. The van der Waals surface area contributed by atoms with Gasteiger partial charge in [-0.3, -0.25) is 14.1 Å². The summed E-state index contributed by atoms with van der Waals surface area (Å²) in [6, 6.07) is 13.4. The molecular weight excluding hydrogens is 555 g/mol. The molecular formula is C32H31N3O4S2. The minimum Gasteiger partial charge on any atom is -0.455 e. The number of carbonyl (C=O) groups excluding carboxylic acids is 1. The number of hydrogen-bond acceptors (Lipinski definition) is 7. The molecule has 5 aromatic rings. The molecule has 0 atom stereocenters. The Morgan fingerprint density at radius 2 is 1.76 bits per heavy atom. The number of aryl methyl sites for hydroxylation is 3. The molecule has 0 saturated heterocycles. The number of benzene rings is 2. The summed E-state index contributed by atoms with van der Waals surface area (Å²) in [5.41, 5.74) is 6.70. The van der Waals surface area contributed by atoms with Gasteiger partial charge in [-0.05, 0) is 44.7 Å². The van der Waals surface area contributed by atoms with Gasteiger partial charge in [0.25, 0.3) is 0 Å². The first-order valence-electron chi connectivity index (χ1n) is 13.7. The Balaban J connectivity index is 1.58. The Morgan fingerprint density at radius 3 is 2.46 bits per heavy atom. The van der Waals surface area contributed by atoms with E-state index < -0.39 is 10.0 Å². The molecule has 0 N–H and O–H groups in total. The lowest BCUT2D eigenvalue weighted by Gasteiger charge is -2.20. The fourth-order valence-electron chi connectivity index (χ4n) is 5.34. The molecule has 7 nitrogen and oxygen atoms in total. The maximum Gasteiger partial charge on any atom is 0.232 e. The summed E-state index contributed by atoms with van der Waals surface area (Å²) in [6.45, 7) is 3.83. The standard InChI is InChI=1S/C32H31N3O4S2/c1-5-27(36)30-24-15-23(21-14-22(18-33-17-21)32-34-25-8-6-7-9-29(25)40-32)26(35(3)41(4,37)38)16-28(24)39-31(30)20-12-10-19(2)11-13-20/h10-18H,5-9H2,1-4H3. The highest BCUT2D eigenvalue weighted by Crippen LogP contribution is 2.42. The number of carbonyl (C=O) groups is 1. The maximum atomic E-state index is 13.3. The van der Waals surface area contributed by atoms with Crippen LogP contribution in [-0.2, 0) is 22.9 Å². The molecule has 210 valence electrons. The van der Waals surface area contributed by atoms with Crippen molar-refractivity contribution in [2.24, 2.45) is 0 Å². The molecule has 0 bridgehead atoms. The van der Waals surface area contributed by atoms with E-state index in [2.05, 4.69) is 4.98 Å². The van der Waals surface area contributed by atoms with Crippen molar-refractivity contribution in [3.63, 3.8) is 0 Å². The Bertz CT molecular complexity index is 1880. The Labute approximate surface area is 243 Å². The van der Waals surface area contributed by atoms with Crippen molar-refractivity contribution in [2.45, 2.75) is 46.0 Å². The van der Waals surface area contributed by atoms with Gasteiger partial charge in [-0.25, -0.2) is 13.4 Å². The second-order valence-electron chi connectivity index (χ2n) is 10.6. The number of sulfonamides is 1. The number of thiazole rings is 1. The van der Waals surface area contributed by atoms with Crippen LogP contribution in [-0.4, -0.2) is 37.5 Å². The SMILES string of the molecule is CCC(=O)c1c(-c2ccc(C)cc2)oc2cc(N(C)S(C)(=O)=O)c(-c3cncc(-c4nc5c(s4)CCCC5)c3)cc12. The van der Waals surface area contributed by atoms with Crippen molar-refractivity contribution in [3.8, 4) is 33.0 Å². The van der Waals surface area contributed by atoms with Gasteiger partial charge in [0, 0.05) is 64.4 Å². The van der Waals surface area contributed by atoms with Crippen LogP contribution in [0.4, 0.5) is 5.69 Å². The summed E-state index contributed by atoms with van der Waals surface area (Å²) in [7, 11) is -2.08. The molecule has 0 radical (unpaired) electrons. The summed E-state index contributed by atoms with van der Waals surface area (Å²) < 4.78 is 33.1. The molecule has 1 aliphatic rings. The van der Waals surface area contributed by atoms with Crippen LogP contribution in [0.3, 0.4) is 0 Å². The van der Waals surface area contributed by atoms with Crippen LogP contribution in [0.1, 0.15) is 52.7 Å². The average Bonchev–Trinajstić information content (AvgIpc) is 3.57. The molecule has 6 rings (SSSR count). The summed E-state index contributed by atoms with van der Waals surface area (Å²) in [5, 5.41) is 1.56.